The summed E-state index contributed by atoms with van der Waals surface area (Å²) in [7, 11) is 11.3. The minimum Gasteiger partial charge on any atom is -0.493 e. The third kappa shape index (κ3) is 4.92. The van der Waals surface area contributed by atoms with Crippen molar-refractivity contribution in [1.29, 1.82) is 0 Å². The Morgan fingerprint density at radius 1 is 1.07 bits per heavy atom. The monoisotopic (exact) mass is 372 g/mol. The molecule has 0 aliphatic rings. The maximum absolute atomic E-state index is 12.7. The molecule has 2 aromatic rings. The summed E-state index contributed by atoms with van der Waals surface area (Å²) in [6.45, 7) is 0.517. The topological polar surface area (TPSA) is 55.2 Å². The molecule has 0 aromatic heterocycles. The van der Waals surface area contributed by atoms with E-state index in [9.17, 15) is 4.79 Å². The second kappa shape index (κ2) is 9.28. The molecular formula is C21H30N3O3+. The Balaban J connectivity index is 2.15. The number of hydrogen-bond acceptors (Lipinski definition) is 4. The maximum atomic E-state index is 12.7. The van der Waals surface area contributed by atoms with Crippen LogP contribution in [0.2, 0.25) is 0 Å². The number of amides is 1. The van der Waals surface area contributed by atoms with E-state index >= 15 is 0 Å². The Kier molecular flexibility index (Phi) is 7.07. The van der Waals surface area contributed by atoms with Crippen LogP contribution in [0.25, 0.3) is 0 Å². The summed E-state index contributed by atoms with van der Waals surface area (Å²) >= 11 is 0. The second-order valence-corrected chi connectivity index (χ2v) is 6.87. The van der Waals surface area contributed by atoms with Gasteiger partial charge in [-0.1, -0.05) is 18.2 Å². The van der Waals surface area contributed by atoms with E-state index in [2.05, 4.69) is 48.6 Å². The number of likely N-dealkylation sites (N-methyl/N-ethyl adjacent to an activating group) is 1. The average molecular weight is 372 g/mol. The lowest BCUT2D eigenvalue weighted by Gasteiger charge is -2.23. The summed E-state index contributed by atoms with van der Waals surface area (Å²) in [4.78, 5) is 16.0. The first-order valence-corrected chi connectivity index (χ1v) is 8.95. The van der Waals surface area contributed by atoms with E-state index in [0.29, 0.717) is 23.6 Å². The van der Waals surface area contributed by atoms with Crippen molar-refractivity contribution in [3.63, 3.8) is 0 Å². The number of carbonyl (C=O) groups is 1. The fraction of sp³-hybridized carbons (Fsp3) is 0.381. The number of rotatable bonds is 8. The van der Waals surface area contributed by atoms with Crippen LogP contribution in [0.3, 0.4) is 0 Å². The summed E-state index contributed by atoms with van der Waals surface area (Å²) in [5.74, 6) is 0.808. The Labute approximate surface area is 161 Å². The van der Waals surface area contributed by atoms with Crippen molar-refractivity contribution in [2.45, 2.75) is 6.04 Å². The second-order valence-electron chi connectivity index (χ2n) is 6.87. The van der Waals surface area contributed by atoms with Gasteiger partial charge in [0.2, 0.25) is 0 Å². The molecule has 27 heavy (non-hydrogen) atoms. The predicted molar refractivity (Wildman–Crippen MR) is 108 cm³/mol. The van der Waals surface area contributed by atoms with Gasteiger partial charge in [-0.3, -0.25) is 4.79 Å². The Bertz CT molecular complexity index is 758. The molecule has 0 spiro atoms. The Hall–Kier alpha value is -2.73. The lowest BCUT2D eigenvalue weighted by atomic mass is 10.0. The van der Waals surface area contributed by atoms with Crippen molar-refractivity contribution in [3.05, 3.63) is 53.6 Å². The van der Waals surface area contributed by atoms with E-state index in [1.165, 1.54) is 17.6 Å². The molecule has 1 amide bonds. The van der Waals surface area contributed by atoms with Crippen LogP contribution in [0.1, 0.15) is 22.0 Å². The zero-order valence-electron chi connectivity index (χ0n) is 17.0. The molecular weight excluding hydrogens is 342 g/mol. The number of benzene rings is 2. The van der Waals surface area contributed by atoms with Crippen LogP contribution >= 0.6 is 0 Å². The summed E-state index contributed by atoms with van der Waals surface area (Å²) in [6.07, 6.45) is 0. The molecule has 6 nitrogen and oxygen atoms in total. The standard InChI is InChI=1S/C21H29N3O3/c1-23(2)16-12-10-15(11-13-16)18(24(3)4)14-22-21(25)17-8-7-9-19(26-5)20(17)27-6/h7-13,18H,14H2,1-6H3,(H,22,25)/p+1/t18-/m1/s1. The minimum atomic E-state index is -0.179. The van der Waals surface area contributed by atoms with Gasteiger partial charge in [-0.2, -0.15) is 0 Å². The number of methoxy groups -OCH3 is 2. The summed E-state index contributed by atoms with van der Waals surface area (Å²) in [6, 6.07) is 13.9. The predicted octanol–water partition coefficient (Wildman–Crippen LogP) is 1.39. The molecule has 0 saturated carbocycles. The normalized spacial score (nSPS) is 11.8. The molecule has 0 fully saturated rings. The SMILES string of the molecule is COc1cccc(C(=O)NC[C@H](c2ccc(N(C)C)cc2)[NH+](C)C)c1OC. The number of nitrogens with zero attached hydrogens (tertiary/aromatic N) is 1. The van der Waals surface area contributed by atoms with Gasteiger partial charge in [-0.05, 0) is 24.3 Å². The lowest BCUT2D eigenvalue weighted by molar-refractivity contribution is -0.890. The van der Waals surface area contributed by atoms with Crippen LogP contribution < -0.4 is 24.6 Å². The summed E-state index contributed by atoms with van der Waals surface area (Å²) in [5.41, 5.74) is 2.79. The van der Waals surface area contributed by atoms with Crippen molar-refractivity contribution in [2.24, 2.45) is 0 Å². The molecule has 0 saturated heterocycles. The summed E-state index contributed by atoms with van der Waals surface area (Å²) < 4.78 is 10.6. The van der Waals surface area contributed by atoms with E-state index in [0.717, 1.165) is 5.69 Å². The van der Waals surface area contributed by atoms with Gasteiger partial charge in [0, 0.05) is 25.3 Å². The van der Waals surface area contributed by atoms with E-state index in [-0.39, 0.29) is 11.9 Å². The van der Waals surface area contributed by atoms with E-state index in [1.54, 1.807) is 25.3 Å². The van der Waals surface area contributed by atoms with E-state index in [4.69, 9.17) is 9.47 Å². The van der Waals surface area contributed by atoms with Gasteiger partial charge >= 0.3 is 0 Å². The smallest absolute Gasteiger partial charge is 0.255 e. The van der Waals surface area contributed by atoms with Gasteiger partial charge < -0.3 is 24.6 Å². The number of carbonyl (C=O) groups excluding carboxylic acids is 1. The number of anilines is 1. The van der Waals surface area contributed by atoms with Gasteiger partial charge in [0.1, 0.15) is 6.04 Å². The average Bonchev–Trinajstić information content (AvgIpc) is 2.67. The van der Waals surface area contributed by atoms with Crippen molar-refractivity contribution < 1.29 is 19.2 Å². The van der Waals surface area contributed by atoms with Crippen LogP contribution in [-0.4, -0.2) is 54.9 Å². The van der Waals surface area contributed by atoms with Gasteiger partial charge in [0.05, 0.1) is 40.4 Å². The zero-order valence-corrected chi connectivity index (χ0v) is 17.0. The zero-order chi connectivity index (χ0) is 20.0. The molecule has 1 atom stereocenters. The van der Waals surface area contributed by atoms with Crippen LogP contribution in [0.15, 0.2) is 42.5 Å². The first-order valence-electron chi connectivity index (χ1n) is 8.95. The Morgan fingerprint density at radius 2 is 1.74 bits per heavy atom. The fourth-order valence-corrected chi connectivity index (χ4v) is 3.02. The highest BCUT2D eigenvalue weighted by Crippen LogP contribution is 2.30. The first-order chi connectivity index (χ1) is 12.9. The highest BCUT2D eigenvalue weighted by Gasteiger charge is 2.21. The molecule has 2 N–H and O–H groups in total. The molecule has 2 rings (SSSR count). The third-order valence-corrected chi connectivity index (χ3v) is 4.62. The van der Waals surface area contributed by atoms with Gasteiger partial charge in [0.15, 0.2) is 11.5 Å². The highest BCUT2D eigenvalue weighted by atomic mass is 16.5. The molecule has 2 aromatic carbocycles. The number of nitrogens with one attached hydrogen (secondary N) is 2. The van der Waals surface area contributed by atoms with Crippen molar-refractivity contribution in [1.82, 2.24) is 5.32 Å². The van der Waals surface area contributed by atoms with Gasteiger partial charge in [-0.25, -0.2) is 0 Å². The summed E-state index contributed by atoms with van der Waals surface area (Å²) in [5, 5.41) is 3.04. The molecule has 0 bridgehead atoms. The minimum absolute atomic E-state index is 0.141. The van der Waals surface area contributed by atoms with Crippen LogP contribution in [-0.2, 0) is 0 Å². The number of para-hydroxylation sites is 1. The molecule has 6 heteroatoms. The quantitative estimate of drug-likeness (QED) is 0.735. The number of hydrogen-bond donors (Lipinski definition) is 2. The van der Waals surface area contributed by atoms with Crippen molar-refractivity contribution in [3.8, 4) is 11.5 Å². The lowest BCUT2D eigenvalue weighted by Crippen LogP contribution is -3.07. The molecule has 0 aliphatic heterocycles. The van der Waals surface area contributed by atoms with Gasteiger partial charge in [0.25, 0.3) is 5.91 Å². The van der Waals surface area contributed by atoms with Crippen LogP contribution in [0, 0.1) is 0 Å². The third-order valence-electron chi connectivity index (χ3n) is 4.62. The van der Waals surface area contributed by atoms with Gasteiger partial charge in [-0.15, -0.1) is 0 Å². The van der Waals surface area contributed by atoms with Crippen LogP contribution in [0.5, 0.6) is 11.5 Å². The molecule has 0 radical (unpaired) electrons. The maximum Gasteiger partial charge on any atom is 0.255 e. The highest BCUT2D eigenvalue weighted by molar-refractivity contribution is 5.97. The molecule has 0 heterocycles. The largest absolute Gasteiger partial charge is 0.493 e. The molecule has 146 valence electrons. The Morgan fingerprint density at radius 3 is 2.26 bits per heavy atom. The van der Waals surface area contributed by atoms with E-state index in [1.807, 2.05) is 14.1 Å². The van der Waals surface area contributed by atoms with Crippen LogP contribution in [0.4, 0.5) is 5.69 Å². The molecule has 0 aliphatic carbocycles. The van der Waals surface area contributed by atoms with Crippen molar-refractivity contribution >= 4 is 11.6 Å². The number of ether oxygens (including phenoxy) is 2. The fourth-order valence-electron chi connectivity index (χ4n) is 3.02. The van der Waals surface area contributed by atoms with E-state index < -0.39 is 0 Å². The number of quaternary nitrogens is 1. The molecule has 0 unspecified atom stereocenters. The first kappa shape index (κ1) is 20.6. The van der Waals surface area contributed by atoms with Crippen molar-refractivity contribution in [2.75, 3.05) is 53.9 Å².